The van der Waals surface area contributed by atoms with Crippen molar-refractivity contribution < 1.29 is 13.5 Å². The molecular weight excluding hydrogens is 174 g/mol. The molecular formula is C10H12F2O. The Labute approximate surface area is 76.3 Å². The molecule has 0 saturated heterocycles. The molecule has 13 heavy (non-hydrogen) atoms. The lowest BCUT2D eigenvalue weighted by Crippen LogP contribution is -2.07. The van der Waals surface area contributed by atoms with Gasteiger partial charge in [-0.15, -0.1) is 0 Å². The van der Waals surface area contributed by atoms with Gasteiger partial charge in [-0.2, -0.15) is 0 Å². The summed E-state index contributed by atoms with van der Waals surface area (Å²) in [4.78, 5) is 0. The van der Waals surface area contributed by atoms with Crippen LogP contribution in [0.2, 0.25) is 0 Å². The predicted molar refractivity (Wildman–Crippen MR) is 47.2 cm³/mol. The number of ether oxygens (including phenoxy) is 1. The second-order valence-electron chi connectivity index (χ2n) is 3.01. The fraction of sp³-hybridized carbons (Fsp3) is 0.400. The Morgan fingerprint density at radius 1 is 1.15 bits per heavy atom. The fourth-order valence-electron chi connectivity index (χ4n) is 1.02. The largest absolute Gasteiger partial charge is 0.491 e. The highest BCUT2D eigenvalue weighted by molar-refractivity contribution is 5.34. The van der Waals surface area contributed by atoms with Gasteiger partial charge in [0, 0.05) is 0 Å². The van der Waals surface area contributed by atoms with Crippen molar-refractivity contribution in [1.82, 2.24) is 0 Å². The number of hydrogen-bond donors (Lipinski definition) is 0. The van der Waals surface area contributed by atoms with Gasteiger partial charge in [0.2, 0.25) is 0 Å². The highest BCUT2D eigenvalue weighted by Crippen LogP contribution is 2.28. The van der Waals surface area contributed by atoms with E-state index in [0.717, 1.165) is 0 Å². The second kappa shape index (κ2) is 4.21. The number of halogens is 2. The zero-order valence-electron chi connectivity index (χ0n) is 7.63. The Kier molecular flexibility index (Phi) is 3.23. The Balaban J connectivity index is 2.91. The SMILES string of the molecule is CC(C)Oc1ccccc1C(F)F. The van der Waals surface area contributed by atoms with E-state index in [9.17, 15) is 8.78 Å². The van der Waals surface area contributed by atoms with Crippen LogP contribution in [0.3, 0.4) is 0 Å². The van der Waals surface area contributed by atoms with Crippen LogP contribution in [-0.4, -0.2) is 6.10 Å². The van der Waals surface area contributed by atoms with Crippen molar-refractivity contribution in [3.8, 4) is 5.75 Å². The molecule has 0 atom stereocenters. The normalized spacial score (nSPS) is 10.9. The van der Waals surface area contributed by atoms with Gasteiger partial charge in [0.1, 0.15) is 5.75 Å². The molecule has 0 aliphatic rings. The summed E-state index contributed by atoms with van der Waals surface area (Å²) in [6.45, 7) is 3.62. The summed E-state index contributed by atoms with van der Waals surface area (Å²) in [5, 5.41) is 0. The van der Waals surface area contributed by atoms with Crippen molar-refractivity contribution in [2.75, 3.05) is 0 Å². The molecule has 0 aliphatic heterocycles. The van der Waals surface area contributed by atoms with Gasteiger partial charge >= 0.3 is 0 Å². The molecule has 0 aromatic heterocycles. The van der Waals surface area contributed by atoms with Crippen molar-refractivity contribution in [3.05, 3.63) is 29.8 Å². The van der Waals surface area contributed by atoms with Gasteiger partial charge in [-0.05, 0) is 26.0 Å². The first-order valence-electron chi connectivity index (χ1n) is 4.15. The number of rotatable bonds is 3. The maximum Gasteiger partial charge on any atom is 0.267 e. The van der Waals surface area contributed by atoms with E-state index in [4.69, 9.17) is 4.74 Å². The number of benzene rings is 1. The van der Waals surface area contributed by atoms with Gasteiger partial charge < -0.3 is 4.74 Å². The van der Waals surface area contributed by atoms with E-state index in [1.54, 1.807) is 18.2 Å². The van der Waals surface area contributed by atoms with Crippen LogP contribution in [-0.2, 0) is 0 Å². The van der Waals surface area contributed by atoms with Gasteiger partial charge in [-0.1, -0.05) is 12.1 Å². The smallest absolute Gasteiger partial charge is 0.267 e. The van der Waals surface area contributed by atoms with Crippen LogP contribution in [0.4, 0.5) is 8.78 Å². The van der Waals surface area contributed by atoms with Crippen LogP contribution in [0, 0.1) is 0 Å². The molecule has 0 saturated carbocycles. The number of para-hydroxylation sites is 1. The molecule has 0 spiro atoms. The van der Waals surface area contributed by atoms with Crippen molar-refractivity contribution >= 4 is 0 Å². The van der Waals surface area contributed by atoms with Crippen molar-refractivity contribution in [2.45, 2.75) is 26.4 Å². The summed E-state index contributed by atoms with van der Waals surface area (Å²) in [5.74, 6) is 0.271. The van der Waals surface area contributed by atoms with E-state index >= 15 is 0 Å². The Hall–Kier alpha value is -1.12. The first kappa shape index (κ1) is 9.96. The molecule has 0 N–H and O–H groups in total. The maximum atomic E-state index is 12.4. The third-order valence-electron chi connectivity index (χ3n) is 1.52. The minimum Gasteiger partial charge on any atom is -0.491 e. The predicted octanol–water partition coefficient (Wildman–Crippen LogP) is 3.41. The van der Waals surface area contributed by atoms with Crippen molar-refractivity contribution in [2.24, 2.45) is 0 Å². The number of alkyl halides is 2. The first-order chi connectivity index (χ1) is 6.11. The van der Waals surface area contributed by atoms with E-state index in [-0.39, 0.29) is 17.4 Å². The zero-order chi connectivity index (χ0) is 9.84. The third-order valence-corrected chi connectivity index (χ3v) is 1.52. The van der Waals surface area contributed by atoms with Gasteiger partial charge in [-0.3, -0.25) is 0 Å². The van der Waals surface area contributed by atoms with Gasteiger partial charge in [0.05, 0.1) is 11.7 Å². The summed E-state index contributed by atoms with van der Waals surface area (Å²) in [7, 11) is 0. The molecule has 0 heterocycles. The van der Waals surface area contributed by atoms with Crippen LogP contribution in [0.5, 0.6) is 5.75 Å². The lowest BCUT2D eigenvalue weighted by molar-refractivity contribution is 0.141. The van der Waals surface area contributed by atoms with Crippen LogP contribution in [0.15, 0.2) is 24.3 Å². The lowest BCUT2D eigenvalue weighted by atomic mass is 10.2. The maximum absolute atomic E-state index is 12.4. The topological polar surface area (TPSA) is 9.23 Å². The van der Waals surface area contributed by atoms with Crippen LogP contribution in [0.1, 0.15) is 25.8 Å². The third kappa shape index (κ3) is 2.68. The summed E-state index contributed by atoms with van der Waals surface area (Å²) in [6, 6.07) is 6.20. The molecule has 0 fully saturated rings. The van der Waals surface area contributed by atoms with E-state index in [1.165, 1.54) is 6.07 Å². The number of hydrogen-bond acceptors (Lipinski definition) is 1. The summed E-state index contributed by atoms with van der Waals surface area (Å²) in [6.07, 6.45) is -2.56. The molecule has 1 aromatic rings. The molecule has 1 nitrogen and oxygen atoms in total. The molecule has 0 amide bonds. The summed E-state index contributed by atoms with van der Waals surface area (Å²) < 4.78 is 30.0. The fourth-order valence-corrected chi connectivity index (χ4v) is 1.02. The average Bonchev–Trinajstić information content (AvgIpc) is 2.03. The zero-order valence-corrected chi connectivity index (χ0v) is 7.63. The second-order valence-corrected chi connectivity index (χ2v) is 3.01. The minimum atomic E-state index is -2.48. The Morgan fingerprint density at radius 2 is 1.77 bits per heavy atom. The van der Waals surface area contributed by atoms with E-state index in [0.29, 0.717) is 0 Å². The molecule has 1 rings (SSSR count). The summed E-state index contributed by atoms with van der Waals surface area (Å²) in [5.41, 5.74) is -0.0452. The quantitative estimate of drug-likeness (QED) is 0.702. The minimum absolute atomic E-state index is 0.0452. The standard InChI is InChI=1S/C10H12F2O/c1-7(2)13-9-6-4-3-5-8(9)10(11)12/h3-7,10H,1-2H3. The Morgan fingerprint density at radius 3 is 2.31 bits per heavy atom. The molecule has 0 bridgehead atoms. The van der Waals surface area contributed by atoms with E-state index in [1.807, 2.05) is 13.8 Å². The lowest BCUT2D eigenvalue weighted by Gasteiger charge is -2.13. The van der Waals surface area contributed by atoms with Crippen LogP contribution in [0.25, 0.3) is 0 Å². The molecule has 0 radical (unpaired) electrons. The summed E-state index contributed by atoms with van der Waals surface area (Å²) >= 11 is 0. The van der Waals surface area contributed by atoms with E-state index < -0.39 is 6.43 Å². The molecule has 1 aromatic carbocycles. The molecule has 3 heteroatoms. The van der Waals surface area contributed by atoms with Crippen molar-refractivity contribution in [3.63, 3.8) is 0 Å². The van der Waals surface area contributed by atoms with Gasteiger partial charge in [0.15, 0.2) is 0 Å². The first-order valence-corrected chi connectivity index (χ1v) is 4.15. The highest BCUT2D eigenvalue weighted by atomic mass is 19.3. The van der Waals surface area contributed by atoms with Crippen LogP contribution < -0.4 is 4.74 Å². The highest BCUT2D eigenvalue weighted by Gasteiger charge is 2.13. The molecule has 0 aliphatic carbocycles. The average molecular weight is 186 g/mol. The Bertz CT molecular complexity index is 271. The monoisotopic (exact) mass is 186 g/mol. The van der Waals surface area contributed by atoms with Gasteiger partial charge in [0.25, 0.3) is 6.43 Å². The van der Waals surface area contributed by atoms with Crippen molar-refractivity contribution in [1.29, 1.82) is 0 Å². The van der Waals surface area contributed by atoms with Crippen LogP contribution >= 0.6 is 0 Å². The molecule has 0 unspecified atom stereocenters. The molecule has 72 valence electrons. The van der Waals surface area contributed by atoms with E-state index in [2.05, 4.69) is 0 Å². The van der Waals surface area contributed by atoms with Gasteiger partial charge in [-0.25, -0.2) is 8.78 Å².